The highest BCUT2D eigenvalue weighted by atomic mass is 16.5. The summed E-state index contributed by atoms with van der Waals surface area (Å²) in [7, 11) is 2.22. The van der Waals surface area contributed by atoms with Crippen LogP contribution in [0.4, 0.5) is 0 Å². The molecule has 2 heterocycles. The zero-order valence-electron chi connectivity index (χ0n) is 12.0. The van der Waals surface area contributed by atoms with Gasteiger partial charge in [-0.2, -0.15) is 0 Å². The number of ether oxygens (including phenoxy) is 1. The Kier molecular flexibility index (Phi) is 5.01. The van der Waals surface area contributed by atoms with Crippen LogP contribution in [0.5, 0.6) is 0 Å². The van der Waals surface area contributed by atoms with Crippen molar-refractivity contribution in [3.05, 3.63) is 0 Å². The Morgan fingerprint density at radius 1 is 1.22 bits per heavy atom. The molecule has 0 aliphatic carbocycles. The molecule has 2 fully saturated rings. The van der Waals surface area contributed by atoms with E-state index in [1.165, 1.54) is 32.4 Å². The molecule has 0 amide bonds. The van der Waals surface area contributed by atoms with Crippen LogP contribution in [0.1, 0.15) is 32.6 Å². The van der Waals surface area contributed by atoms with Gasteiger partial charge in [0.15, 0.2) is 0 Å². The fourth-order valence-corrected chi connectivity index (χ4v) is 3.39. The molecule has 2 aliphatic heterocycles. The summed E-state index contributed by atoms with van der Waals surface area (Å²) in [5.41, 5.74) is 6.39. The molecule has 0 aromatic rings. The summed E-state index contributed by atoms with van der Waals surface area (Å²) in [6.45, 7) is 8.44. The van der Waals surface area contributed by atoms with Crippen LogP contribution in [0.2, 0.25) is 0 Å². The van der Waals surface area contributed by atoms with Gasteiger partial charge in [0, 0.05) is 31.8 Å². The normalized spacial score (nSPS) is 37.2. The van der Waals surface area contributed by atoms with Gasteiger partial charge in [0.1, 0.15) is 0 Å². The molecular formula is C14H29N3O. The van der Waals surface area contributed by atoms with Crippen molar-refractivity contribution in [3.63, 3.8) is 0 Å². The smallest absolute Gasteiger partial charge is 0.0674 e. The lowest BCUT2D eigenvalue weighted by atomic mass is 9.88. The zero-order chi connectivity index (χ0) is 13.0. The van der Waals surface area contributed by atoms with Crippen molar-refractivity contribution in [3.8, 4) is 0 Å². The second-order valence-electron chi connectivity index (χ2n) is 6.07. The van der Waals surface area contributed by atoms with Crippen LogP contribution in [0.15, 0.2) is 0 Å². The Morgan fingerprint density at radius 2 is 2.06 bits per heavy atom. The maximum Gasteiger partial charge on any atom is 0.0674 e. The van der Waals surface area contributed by atoms with Crippen LogP contribution in [0.25, 0.3) is 0 Å². The summed E-state index contributed by atoms with van der Waals surface area (Å²) in [6, 6.07) is 0. The van der Waals surface area contributed by atoms with Crippen LogP contribution in [-0.4, -0.2) is 67.8 Å². The molecule has 2 saturated heterocycles. The summed E-state index contributed by atoms with van der Waals surface area (Å²) in [5, 5.41) is 0. The predicted molar refractivity (Wildman–Crippen MR) is 74.7 cm³/mol. The fraction of sp³-hybridized carbons (Fsp3) is 1.00. The van der Waals surface area contributed by atoms with Crippen molar-refractivity contribution in [2.75, 3.05) is 46.4 Å². The van der Waals surface area contributed by atoms with Crippen LogP contribution < -0.4 is 5.73 Å². The Morgan fingerprint density at radius 3 is 2.83 bits per heavy atom. The van der Waals surface area contributed by atoms with Crippen molar-refractivity contribution < 1.29 is 4.74 Å². The van der Waals surface area contributed by atoms with Crippen molar-refractivity contribution in [2.45, 2.75) is 44.2 Å². The predicted octanol–water partition coefficient (Wildman–Crippen LogP) is 0.910. The molecule has 0 aromatic carbocycles. The van der Waals surface area contributed by atoms with Gasteiger partial charge in [-0.3, -0.25) is 4.90 Å². The molecular weight excluding hydrogens is 226 g/mol. The first kappa shape index (κ1) is 14.3. The van der Waals surface area contributed by atoms with E-state index in [4.69, 9.17) is 10.5 Å². The maximum atomic E-state index is 6.18. The molecule has 2 aliphatic rings. The molecule has 2 atom stereocenters. The number of nitrogens with zero attached hydrogens (tertiary/aromatic N) is 2. The molecule has 4 heteroatoms. The van der Waals surface area contributed by atoms with E-state index < -0.39 is 0 Å². The quantitative estimate of drug-likeness (QED) is 0.796. The summed E-state index contributed by atoms with van der Waals surface area (Å²) in [6.07, 6.45) is 5.19. The molecule has 4 nitrogen and oxygen atoms in total. The van der Waals surface area contributed by atoms with Crippen LogP contribution in [0, 0.1) is 0 Å². The zero-order valence-corrected chi connectivity index (χ0v) is 12.0. The van der Waals surface area contributed by atoms with E-state index in [1.54, 1.807) is 0 Å². The second kappa shape index (κ2) is 6.33. The third-order valence-corrected chi connectivity index (χ3v) is 4.64. The first-order valence-corrected chi connectivity index (χ1v) is 7.41. The van der Waals surface area contributed by atoms with E-state index in [0.717, 1.165) is 32.7 Å². The Bertz CT molecular complexity index is 261. The van der Waals surface area contributed by atoms with Crippen molar-refractivity contribution in [1.29, 1.82) is 0 Å². The maximum absolute atomic E-state index is 6.18. The van der Waals surface area contributed by atoms with Gasteiger partial charge in [-0.05, 0) is 52.7 Å². The minimum atomic E-state index is 0.215. The van der Waals surface area contributed by atoms with Gasteiger partial charge in [-0.15, -0.1) is 0 Å². The number of hydrogen-bond acceptors (Lipinski definition) is 4. The summed E-state index contributed by atoms with van der Waals surface area (Å²) >= 11 is 0. The van der Waals surface area contributed by atoms with Crippen LogP contribution in [0.3, 0.4) is 0 Å². The molecule has 0 spiro atoms. The first-order valence-electron chi connectivity index (χ1n) is 7.41. The van der Waals surface area contributed by atoms with Gasteiger partial charge < -0.3 is 15.4 Å². The van der Waals surface area contributed by atoms with E-state index in [-0.39, 0.29) is 5.54 Å². The Labute approximate surface area is 111 Å². The second-order valence-corrected chi connectivity index (χ2v) is 6.07. The molecule has 0 bridgehead atoms. The first-order chi connectivity index (χ1) is 8.66. The van der Waals surface area contributed by atoms with Crippen molar-refractivity contribution in [1.82, 2.24) is 9.80 Å². The van der Waals surface area contributed by atoms with Crippen molar-refractivity contribution >= 4 is 0 Å². The number of likely N-dealkylation sites (tertiary alicyclic amines) is 1. The molecule has 106 valence electrons. The van der Waals surface area contributed by atoms with Gasteiger partial charge in [0.05, 0.1) is 6.10 Å². The van der Waals surface area contributed by atoms with E-state index in [1.807, 2.05) is 0 Å². The summed E-state index contributed by atoms with van der Waals surface area (Å²) < 4.78 is 5.77. The van der Waals surface area contributed by atoms with E-state index in [2.05, 4.69) is 23.8 Å². The third-order valence-electron chi connectivity index (χ3n) is 4.64. The monoisotopic (exact) mass is 255 g/mol. The number of hydrogen-bond donors (Lipinski definition) is 1. The highest BCUT2D eigenvalue weighted by Gasteiger charge is 2.37. The summed E-state index contributed by atoms with van der Waals surface area (Å²) in [4.78, 5) is 5.07. The summed E-state index contributed by atoms with van der Waals surface area (Å²) in [5.74, 6) is 0. The molecule has 0 radical (unpaired) electrons. The standard InChI is InChI=1S/C14H29N3O/c1-13-11-17(8-4-10-18-13)14(12-15)5-3-7-16(2)9-6-14/h13H,3-12,15H2,1-2H3. The average Bonchev–Trinajstić information content (AvgIpc) is 2.68. The number of rotatable bonds is 2. The SMILES string of the molecule is CC1CN(C2(CN)CCCN(C)CC2)CCCO1. The van der Waals surface area contributed by atoms with E-state index >= 15 is 0 Å². The Balaban J connectivity index is 2.09. The highest BCUT2D eigenvalue weighted by Crippen LogP contribution is 2.29. The molecule has 2 unspecified atom stereocenters. The lowest BCUT2D eigenvalue weighted by Gasteiger charge is -2.43. The average molecular weight is 255 g/mol. The molecule has 0 aromatic heterocycles. The van der Waals surface area contributed by atoms with Gasteiger partial charge >= 0.3 is 0 Å². The van der Waals surface area contributed by atoms with Gasteiger partial charge in [-0.25, -0.2) is 0 Å². The van der Waals surface area contributed by atoms with Crippen molar-refractivity contribution in [2.24, 2.45) is 5.73 Å². The van der Waals surface area contributed by atoms with Crippen LogP contribution in [-0.2, 0) is 4.74 Å². The van der Waals surface area contributed by atoms with Crippen LogP contribution >= 0.6 is 0 Å². The van der Waals surface area contributed by atoms with Gasteiger partial charge in [0.25, 0.3) is 0 Å². The van der Waals surface area contributed by atoms with E-state index in [9.17, 15) is 0 Å². The topological polar surface area (TPSA) is 41.7 Å². The van der Waals surface area contributed by atoms with E-state index in [0.29, 0.717) is 6.10 Å². The molecule has 2 rings (SSSR count). The molecule has 0 saturated carbocycles. The molecule has 2 N–H and O–H groups in total. The minimum Gasteiger partial charge on any atom is -0.377 e. The fourth-order valence-electron chi connectivity index (χ4n) is 3.39. The molecule has 18 heavy (non-hydrogen) atoms. The lowest BCUT2D eigenvalue weighted by Crippen LogP contribution is -2.56. The Hall–Kier alpha value is -0.160. The largest absolute Gasteiger partial charge is 0.377 e. The van der Waals surface area contributed by atoms with Gasteiger partial charge in [-0.1, -0.05) is 0 Å². The van der Waals surface area contributed by atoms with Gasteiger partial charge in [0.2, 0.25) is 0 Å². The highest BCUT2D eigenvalue weighted by molar-refractivity contribution is 4.95. The number of nitrogens with two attached hydrogens (primary N) is 1. The lowest BCUT2D eigenvalue weighted by molar-refractivity contribution is 0.0316. The minimum absolute atomic E-state index is 0.215. The third kappa shape index (κ3) is 3.23.